The monoisotopic (exact) mass is 447 g/mol. The van der Waals surface area contributed by atoms with E-state index in [9.17, 15) is 14.4 Å². The Morgan fingerprint density at radius 3 is 2.53 bits per heavy atom. The molecule has 0 saturated carbocycles. The molecule has 2 heterocycles. The number of ether oxygens (including phenoxy) is 2. The lowest BCUT2D eigenvalue weighted by Crippen LogP contribution is -2.22. The van der Waals surface area contributed by atoms with Gasteiger partial charge in [0.25, 0.3) is 5.91 Å². The molecule has 0 unspecified atom stereocenters. The van der Waals surface area contributed by atoms with Crippen molar-refractivity contribution >= 4 is 45.5 Å². The number of fused-ring (bicyclic) bond motifs is 2. The van der Waals surface area contributed by atoms with Gasteiger partial charge >= 0.3 is 11.9 Å². The van der Waals surface area contributed by atoms with Crippen molar-refractivity contribution in [1.29, 1.82) is 0 Å². The Bertz CT molecular complexity index is 967. The van der Waals surface area contributed by atoms with Gasteiger partial charge in [-0.2, -0.15) is 0 Å². The Hall–Kier alpha value is -2.19. The number of esters is 2. The van der Waals surface area contributed by atoms with E-state index >= 15 is 0 Å². The van der Waals surface area contributed by atoms with E-state index in [0.29, 0.717) is 15.4 Å². The number of aryl methyl sites for hydroxylation is 3. The zero-order valence-corrected chi connectivity index (χ0v) is 18.8. The van der Waals surface area contributed by atoms with E-state index in [1.807, 2.05) is 6.07 Å². The van der Waals surface area contributed by atoms with E-state index in [-0.39, 0.29) is 12.7 Å². The third-order valence-electron chi connectivity index (χ3n) is 5.25. The second-order valence-corrected chi connectivity index (χ2v) is 10.1. The number of carbonyl (C=O) groups excluding carboxylic acids is 3. The first-order valence-electron chi connectivity index (χ1n) is 10.4. The van der Waals surface area contributed by atoms with Gasteiger partial charge in [0, 0.05) is 9.75 Å². The zero-order valence-electron chi connectivity index (χ0n) is 17.2. The van der Waals surface area contributed by atoms with E-state index in [1.165, 1.54) is 33.1 Å². The van der Waals surface area contributed by atoms with Crippen LogP contribution < -0.4 is 5.32 Å². The SMILES string of the molecule is CC(C)OC(=O)c1c(NC(=O)COC(=O)c2cc3c(s2)CCC3)sc2c1CCCC2. The van der Waals surface area contributed by atoms with Gasteiger partial charge in [-0.15, -0.1) is 22.7 Å². The highest BCUT2D eigenvalue weighted by Gasteiger charge is 2.28. The number of nitrogens with one attached hydrogen (secondary N) is 1. The number of thiophene rings is 2. The van der Waals surface area contributed by atoms with E-state index in [4.69, 9.17) is 9.47 Å². The summed E-state index contributed by atoms with van der Waals surface area (Å²) in [5, 5.41) is 3.26. The van der Waals surface area contributed by atoms with Crippen LogP contribution in [0, 0.1) is 0 Å². The van der Waals surface area contributed by atoms with E-state index < -0.39 is 17.8 Å². The molecule has 0 fully saturated rings. The minimum Gasteiger partial charge on any atom is -0.459 e. The molecule has 2 aliphatic rings. The standard InChI is InChI=1S/C22H25NO5S2/c1-12(2)28-22(26)19-14-7-3-4-8-16(14)30-20(19)23-18(24)11-27-21(25)17-10-13-6-5-9-15(13)29-17/h10,12H,3-9,11H2,1-2H3,(H,23,24). The molecule has 0 radical (unpaired) electrons. The summed E-state index contributed by atoms with van der Waals surface area (Å²) in [7, 11) is 0. The Morgan fingerprint density at radius 2 is 1.77 bits per heavy atom. The fraction of sp³-hybridized carbons (Fsp3) is 0.500. The van der Waals surface area contributed by atoms with Gasteiger partial charge in [-0.3, -0.25) is 4.79 Å². The molecule has 1 amide bonds. The normalized spacial score (nSPS) is 14.9. The van der Waals surface area contributed by atoms with Crippen molar-refractivity contribution in [1.82, 2.24) is 0 Å². The van der Waals surface area contributed by atoms with Gasteiger partial charge in [-0.25, -0.2) is 9.59 Å². The van der Waals surface area contributed by atoms with Crippen LogP contribution in [-0.2, 0) is 40.0 Å². The van der Waals surface area contributed by atoms with Crippen molar-refractivity contribution in [3.8, 4) is 0 Å². The Balaban J connectivity index is 1.42. The summed E-state index contributed by atoms with van der Waals surface area (Å²) in [5.74, 6) is -1.34. The predicted molar refractivity (Wildman–Crippen MR) is 117 cm³/mol. The maximum absolute atomic E-state index is 12.7. The lowest BCUT2D eigenvalue weighted by atomic mass is 9.95. The average Bonchev–Trinajstić information content (AvgIpc) is 3.37. The highest BCUT2D eigenvalue weighted by Crippen LogP contribution is 2.38. The molecule has 2 aromatic heterocycles. The van der Waals surface area contributed by atoms with Crippen molar-refractivity contribution in [2.45, 2.75) is 64.9 Å². The van der Waals surface area contributed by atoms with Crippen molar-refractivity contribution in [3.63, 3.8) is 0 Å². The van der Waals surface area contributed by atoms with Crippen LogP contribution in [0.1, 0.15) is 74.0 Å². The van der Waals surface area contributed by atoms with Gasteiger partial charge in [0.1, 0.15) is 9.88 Å². The highest BCUT2D eigenvalue weighted by molar-refractivity contribution is 7.17. The van der Waals surface area contributed by atoms with Gasteiger partial charge in [-0.1, -0.05) is 0 Å². The quantitative estimate of drug-likeness (QED) is 0.658. The smallest absolute Gasteiger partial charge is 0.348 e. The fourth-order valence-electron chi connectivity index (χ4n) is 3.94. The summed E-state index contributed by atoms with van der Waals surface area (Å²) in [6.45, 7) is 3.21. The second-order valence-electron chi connectivity index (χ2n) is 7.91. The number of hydrogen-bond donors (Lipinski definition) is 1. The molecule has 2 aliphatic carbocycles. The first-order valence-corrected chi connectivity index (χ1v) is 12.0. The molecule has 6 nitrogen and oxygen atoms in total. The first kappa shape index (κ1) is 21.1. The Labute approximate surface area is 183 Å². The van der Waals surface area contributed by atoms with Gasteiger partial charge < -0.3 is 14.8 Å². The number of amides is 1. The van der Waals surface area contributed by atoms with Gasteiger partial charge in [0.15, 0.2) is 6.61 Å². The summed E-state index contributed by atoms with van der Waals surface area (Å²) in [4.78, 5) is 40.3. The van der Waals surface area contributed by atoms with Crippen LogP contribution in [-0.4, -0.2) is 30.6 Å². The Morgan fingerprint density at radius 1 is 1.00 bits per heavy atom. The summed E-state index contributed by atoms with van der Waals surface area (Å²) >= 11 is 2.87. The molecule has 8 heteroatoms. The van der Waals surface area contributed by atoms with Crippen LogP contribution in [0.2, 0.25) is 0 Å². The molecule has 2 aromatic rings. The molecule has 0 aromatic carbocycles. The fourth-order valence-corrected chi connectivity index (χ4v) is 6.38. The third-order valence-corrected chi connectivity index (χ3v) is 7.68. The molecule has 160 valence electrons. The second kappa shape index (κ2) is 8.89. The molecule has 0 spiro atoms. The molecular weight excluding hydrogens is 422 g/mol. The third kappa shape index (κ3) is 4.44. The summed E-state index contributed by atoms with van der Waals surface area (Å²) in [5.41, 5.74) is 2.66. The summed E-state index contributed by atoms with van der Waals surface area (Å²) in [6, 6.07) is 1.88. The average molecular weight is 448 g/mol. The van der Waals surface area contributed by atoms with Crippen molar-refractivity contribution in [3.05, 3.63) is 37.4 Å². The van der Waals surface area contributed by atoms with Gasteiger partial charge in [0.05, 0.1) is 11.7 Å². The molecular formula is C22H25NO5S2. The van der Waals surface area contributed by atoms with Crippen LogP contribution in [0.25, 0.3) is 0 Å². The van der Waals surface area contributed by atoms with Gasteiger partial charge in [0.2, 0.25) is 0 Å². The largest absolute Gasteiger partial charge is 0.459 e. The van der Waals surface area contributed by atoms with E-state index in [1.54, 1.807) is 13.8 Å². The molecule has 0 bridgehead atoms. The topological polar surface area (TPSA) is 81.7 Å². The minimum absolute atomic E-state index is 0.242. The van der Waals surface area contributed by atoms with E-state index in [0.717, 1.165) is 55.4 Å². The van der Waals surface area contributed by atoms with Crippen molar-refractivity contribution < 1.29 is 23.9 Å². The van der Waals surface area contributed by atoms with Crippen LogP contribution in [0.3, 0.4) is 0 Å². The van der Waals surface area contributed by atoms with Crippen LogP contribution >= 0.6 is 22.7 Å². The zero-order chi connectivity index (χ0) is 21.3. The maximum Gasteiger partial charge on any atom is 0.348 e. The summed E-state index contributed by atoms with van der Waals surface area (Å²) < 4.78 is 10.6. The number of hydrogen-bond acceptors (Lipinski definition) is 7. The minimum atomic E-state index is -0.477. The molecule has 0 aliphatic heterocycles. The highest BCUT2D eigenvalue weighted by atomic mass is 32.1. The summed E-state index contributed by atoms with van der Waals surface area (Å²) in [6.07, 6.45) is 6.69. The number of anilines is 1. The van der Waals surface area contributed by atoms with E-state index in [2.05, 4.69) is 5.32 Å². The van der Waals surface area contributed by atoms with Gasteiger partial charge in [-0.05, 0) is 76.0 Å². The Kier molecular flexibility index (Phi) is 6.24. The van der Waals surface area contributed by atoms with Crippen molar-refractivity contribution in [2.24, 2.45) is 0 Å². The molecule has 4 rings (SSSR count). The number of rotatable bonds is 6. The van der Waals surface area contributed by atoms with Crippen molar-refractivity contribution in [2.75, 3.05) is 11.9 Å². The molecule has 0 atom stereocenters. The van der Waals surface area contributed by atoms with Crippen LogP contribution in [0.15, 0.2) is 6.07 Å². The lowest BCUT2D eigenvalue weighted by Gasteiger charge is -2.14. The number of carbonyl (C=O) groups is 3. The van der Waals surface area contributed by atoms with Crippen LogP contribution in [0.5, 0.6) is 0 Å². The molecule has 30 heavy (non-hydrogen) atoms. The first-order chi connectivity index (χ1) is 14.4. The maximum atomic E-state index is 12.7. The van der Waals surface area contributed by atoms with Crippen LogP contribution in [0.4, 0.5) is 5.00 Å². The molecule has 0 saturated heterocycles. The lowest BCUT2D eigenvalue weighted by molar-refractivity contribution is -0.119. The predicted octanol–water partition coefficient (Wildman–Crippen LogP) is 4.54. The molecule has 1 N–H and O–H groups in total.